The van der Waals surface area contributed by atoms with Gasteiger partial charge in [0.25, 0.3) is 5.91 Å². The van der Waals surface area contributed by atoms with Crippen LogP contribution in [0.4, 0.5) is 0 Å². The fraction of sp³-hybridized carbons (Fsp3) is 0.182. The highest BCUT2D eigenvalue weighted by Crippen LogP contribution is 2.33. The van der Waals surface area contributed by atoms with E-state index in [4.69, 9.17) is 13.9 Å². The zero-order valence-electron chi connectivity index (χ0n) is 16.3. The van der Waals surface area contributed by atoms with E-state index in [0.717, 1.165) is 21.5 Å². The first kappa shape index (κ1) is 19.0. The molecule has 2 aromatic heterocycles. The van der Waals surface area contributed by atoms with Crippen molar-refractivity contribution >= 4 is 28.2 Å². The van der Waals surface area contributed by atoms with Gasteiger partial charge in [-0.3, -0.25) is 4.79 Å². The van der Waals surface area contributed by atoms with Gasteiger partial charge in [-0.2, -0.15) is 0 Å². The van der Waals surface area contributed by atoms with Crippen LogP contribution in [0, 0.1) is 0 Å². The Labute approximate surface area is 172 Å². The number of hydrogen-bond acceptors (Lipinski definition) is 6. The first-order chi connectivity index (χ1) is 14.1. The van der Waals surface area contributed by atoms with E-state index in [-0.39, 0.29) is 11.9 Å². The number of hydrogen-bond donors (Lipinski definition) is 1. The van der Waals surface area contributed by atoms with Gasteiger partial charge in [0.1, 0.15) is 22.0 Å². The zero-order valence-corrected chi connectivity index (χ0v) is 17.1. The molecule has 0 saturated heterocycles. The highest BCUT2D eigenvalue weighted by atomic mass is 32.1. The van der Waals surface area contributed by atoms with Gasteiger partial charge in [0.15, 0.2) is 11.5 Å². The summed E-state index contributed by atoms with van der Waals surface area (Å²) in [6.45, 7) is 1.89. The molecule has 1 atom stereocenters. The highest BCUT2D eigenvalue weighted by molar-refractivity contribution is 7.13. The van der Waals surface area contributed by atoms with Gasteiger partial charge in [-0.05, 0) is 37.3 Å². The van der Waals surface area contributed by atoms with E-state index in [0.29, 0.717) is 23.0 Å². The van der Waals surface area contributed by atoms with Gasteiger partial charge in [0.2, 0.25) is 0 Å². The van der Waals surface area contributed by atoms with Crippen LogP contribution < -0.4 is 14.8 Å². The van der Waals surface area contributed by atoms with E-state index in [1.54, 1.807) is 19.6 Å². The van der Waals surface area contributed by atoms with Gasteiger partial charge in [-0.1, -0.05) is 18.2 Å². The van der Waals surface area contributed by atoms with Crippen LogP contribution in [0.1, 0.15) is 29.2 Å². The van der Waals surface area contributed by atoms with Crippen molar-refractivity contribution in [3.05, 3.63) is 65.4 Å². The maximum Gasteiger partial charge on any atom is 0.271 e. The minimum atomic E-state index is -0.277. The molecule has 1 N–H and O–H groups in total. The number of methoxy groups -OCH3 is 2. The summed E-state index contributed by atoms with van der Waals surface area (Å²) in [6.07, 6.45) is 0. The second-order valence-corrected chi connectivity index (χ2v) is 7.35. The summed E-state index contributed by atoms with van der Waals surface area (Å²) in [5.74, 6) is 1.71. The SMILES string of the molecule is COc1ccc(-c2nc(C(=O)NC(C)c3cc4ccccc4o3)cs2)cc1OC. The van der Waals surface area contributed by atoms with Crippen LogP contribution in [0.2, 0.25) is 0 Å². The Morgan fingerprint density at radius 1 is 1.10 bits per heavy atom. The third kappa shape index (κ3) is 3.82. The molecule has 148 valence electrons. The molecule has 4 aromatic rings. The molecule has 6 nitrogen and oxygen atoms in total. The predicted octanol–water partition coefficient (Wildman–Crippen LogP) is 5.06. The molecule has 0 bridgehead atoms. The summed E-state index contributed by atoms with van der Waals surface area (Å²) in [6, 6.07) is 15.0. The van der Waals surface area contributed by atoms with Gasteiger partial charge in [-0.15, -0.1) is 11.3 Å². The lowest BCUT2D eigenvalue weighted by Gasteiger charge is -2.10. The average Bonchev–Trinajstić information content (AvgIpc) is 3.40. The summed E-state index contributed by atoms with van der Waals surface area (Å²) in [5.41, 5.74) is 2.02. The molecule has 0 radical (unpaired) electrons. The zero-order chi connectivity index (χ0) is 20.4. The molecule has 29 heavy (non-hydrogen) atoms. The van der Waals surface area contributed by atoms with Crippen LogP contribution in [0.25, 0.3) is 21.5 Å². The molecule has 1 unspecified atom stereocenters. The van der Waals surface area contributed by atoms with Crippen LogP contribution in [-0.4, -0.2) is 25.1 Å². The van der Waals surface area contributed by atoms with Crippen molar-refractivity contribution < 1.29 is 18.7 Å². The van der Waals surface area contributed by atoms with E-state index < -0.39 is 0 Å². The molecule has 4 rings (SSSR count). The number of benzene rings is 2. The van der Waals surface area contributed by atoms with Crippen LogP contribution in [0.3, 0.4) is 0 Å². The van der Waals surface area contributed by atoms with Crippen molar-refractivity contribution in [2.45, 2.75) is 13.0 Å². The third-order valence-corrected chi connectivity index (χ3v) is 5.48. The van der Waals surface area contributed by atoms with Gasteiger partial charge in [0.05, 0.1) is 20.3 Å². The molecule has 2 heterocycles. The monoisotopic (exact) mass is 408 g/mol. The predicted molar refractivity (Wildman–Crippen MR) is 113 cm³/mol. The number of carbonyl (C=O) groups excluding carboxylic acids is 1. The second-order valence-electron chi connectivity index (χ2n) is 6.49. The van der Waals surface area contributed by atoms with E-state index in [1.165, 1.54) is 11.3 Å². The number of fused-ring (bicyclic) bond motifs is 1. The lowest BCUT2D eigenvalue weighted by Crippen LogP contribution is -2.26. The molecule has 7 heteroatoms. The van der Waals surface area contributed by atoms with Crippen LogP contribution in [0.5, 0.6) is 11.5 Å². The fourth-order valence-corrected chi connectivity index (χ4v) is 3.83. The smallest absolute Gasteiger partial charge is 0.271 e. The molecule has 1 amide bonds. The van der Waals surface area contributed by atoms with E-state index in [1.807, 2.05) is 55.5 Å². The number of amides is 1. The molecule has 0 spiro atoms. The lowest BCUT2D eigenvalue weighted by molar-refractivity contribution is 0.0931. The van der Waals surface area contributed by atoms with Gasteiger partial charge in [-0.25, -0.2) is 4.98 Å². The highest BCUT2D eigenvalue weighted by Gasteiger charge is 2.18. The second kappa shape index (κ2) is 7.97. The Morgan fingerprint density at radius 3 is 2.66 bits per heavy atom. The average molecular weight is 408 g/mol. The first-order valence-corrected chi connectivity index (χ1v) is 9.94. The third-order valence-electron chi connectivity index (χ3n) is 4.59. The molecular weight excluding hydrogens is 388 g/mol. The number of carbonyl (C=O) groups is 1. The molecule has 2 aromatic carbocycles. The molecule has 0 saturated carbocycles. The molecule has 0 aliphatic carbocycles. The summed E-state index contributed by atoms with van der Waals surface area (Å²) >= 11 is 1.40. The largest absolute Gasteiger partial charge is 0.493 e. The summed E-state index contributed by atoms with van der Waals surface area (Å²) < 4.78 is 16.4. The summed E-state index contributed by atoms with van der Waals surface area (Å²) in [5, 5.41) is 6.43. The Morgan fingerprint density at radius 2 is 1.90 bits per heavy atom. The number of aromatic nitrogens is 1. The van der Waals surface area contributed by atoms with E-state index >= 15 is 0 Å². The Kier molecular flexibility index (Phi) is 5.22. The number of nitrogens with zero attached hydrogens (tertiary/aromatic N) is 1. The van der Waals surface area contributed by atoms with Crippen LogP contribution in [-0.2, 0) is 0 Å². The van der Waals surface area contributed by atoms with Gasteiger partial charge in [0, 0.05) is 16.3 Å². The van der Waals surface area contributed by atoms with Crippen molar-refractivity contribution in [2.75, 3.05) is 14.2 Å². The Balaban J connectivity index is 1.51. The summed E-state index contributed by atoms with van der Waals surface area (Å²) in [7, 11) is 3.17. The fourth-order valence-electron chi connectivity index (χ4n) is 3.04. The number of nitrogens with one attached hydrogen (secondary N) is 1. The minimum absolute atomic E-state index is 0.249. The number of thiazole rings is 1. The molecule has 0 fully saturated rings. The topological polar surface area (TPSA) is 73.6 Å². The van der Waals surface area contributed by atoms with E-state index in [2.05, 4.69) is 10.3 Å². The lowest BCUT2D eigenvalue weighted by atomic mass is 10.2. The number of para-hydroxylation sites is 1. The van der Waals surface area contributed by atoms with Gasteiger partial charge >= 0.3 is 0 Å². The maximum atomic E-state index is 12.7. The number of ether oxygens (including phenoxy) is 2. The maximum absolute atomic E-state index is 12.7. The van der Waals surface area contributed by atoms with Crippen LogP contribution >= 0.6 is 11.3 Å². The summed E-state index contributed by atoms with van der Waals surface area (Å²) in [4.78, 5) is 17.1. The van der Waals surface area contributed by atoms with Crippen molar-refractivity contribution in [1.82, 2.24) is 10.3 Å². The van der Waals surface area contributed by atoms with Crippen molar-refractivity contribution in [2.24, 2.45) is 0 Å². The first-order valence-electron chi connectivity index (χ1n) is 9.06. The van der Waals surface area contributed by atoms with Crippen LogP contribution in [0.15, 0.2) is 58.3 Å². The molecule has 0 aliphatic heterocycles. The Hall–Kier alpha value is -3.32. The normalized spacial score (nSPS) is 12.0. The standard InChI is InChI=1S/C22H20N2O4S/c1-13(19-10-14-6-4-5-7-17(14)28-19)23-21(25)16-12-29-22(24-16)15-8-9-18(26-2)20(11-15)27-3/h4-13H,1-3H3,(H,23,25). The number of rotatable bonds is 6. The van der Waals surface area contributed by atoms with Crippen molar-refractivity contribution in [1.29, 1.82) is 0 Å². The molecular formula is C22H20N2O4S. The van der Waals surface area contributed by atoms with E-state index in [9.17, 15) is 4.79 Å². The quantitative estimate of drug-likeness (QED) is 0.482. The number of furan rings is 1. The minimum Gasteiger partial charge on any atom is -0.493 e. The van der Waals surface area contributed by atoms with Gasteiger partial charge < -0.3 is 19.2 Å². The van der Waals surface area contributed by atoms with Crippen molar-refractivity contribution in [3.63, 3.8) is 0 Å². The molecule has 0 aliphatic rings. The van der Waals surface area contributed by atoms with Crippen molar-refractivity contribution in [3.8, 4) is 22.1 Å². The Bertz CT molecular complexity index is 1130.